The molecule has 25 heavy (non-hydrogen) atoms. The van der Waals surface area contributed by atoms with Crippen LogP contribution in [0.25, 0.3) is 11.3 Å². The SMILES string of the molecule is CC(=O)NCCc1ccc(-c2csc(NNc3ccccc3)n2)cc1. The minimum absolute atomic E-state index is 0.00300. The van der Waals surface area contributed by atoms with Gasteiger partial charge in [-0.1, -0.05) is 42.5 Å². The van der Waals surface area contributed by atoms with Crippen molar-refractivity contribution in [3.8, 4) is 11.3 Å². The fraction of sp³-hybridized carbons (Fsp3) is 0.158. The number of thiazole rings is 1. The molecule has 0 aliphatic heterocycles. The van der Waals surface area contributed by atoms with Gasteiger partial charge in [0.05, 0.1) is 11.4 Å². The van der Waals surface area contributed by atoms with Crippen LogP contribution in [0.1, 0.15) is 12.5 Å². The normalized spacial score (nSPS) is 10.3. The third-order valence-electron chi connectivity index (χ3n) is 3.63. The number of aromatic nitrogens is 1. The summed E-state index contributed by atoms with van der Waals surface area (Å²) in [5.41, 5.74) is 10.4. The van der Waals surface area contributed by atoms with Crippen molar-refractivity contribution >= 4 is 28.1 Å². The van der Waals surface area contributed by atoms with Crippen molar-refractivity contribution in [3.63, 3.8) is 0 Å². The highest BCUT2D eigenvalue weighted by atomic mass is 32.1. The number of carbonyl (C=O) groups excluding carboxylic acids is 1. The third kappa shape index (κ3) is 5.06. The molecule has 128 valence electrons. The van der Waals surface area contributed by atoms with E-state index in [1.807, 2.05) is 35.7 Å². The molecule has 2 aromatic carbocycles. The highest BCUT2D eigenvalue weighted by Gasteiger charge is 2.05. The quantitative estimate of drug-likeness (QED) is 0.564. The van der Waals surface area contributed by atoms with E-state index in [-0.39, 0.29) is 5.91 Å². The number of hydrazine groups is 1. The number of hydrogen-bond donors (Lipinski definition) is 3. The van der Waals surface area contributed by atoms with Crippen molar-refractivity contribution in [2.75, 3.05) is 17.4 Å². The Hall–Kier alpha value is -2.86. The number of para-hydroxylation sites is 1. The number of amides is 1. The number of nitrogens with zero attached hydrogens (tertiary/aromatic N) is 1. The molecule has 3 aromatic rings. The lowest BCUT2D eigenvalue weighted by Crippen LogP contribution is -2.22. The number of anilines is 2. The first kappa shape index (κ1) is 17.0. The number of hydrogen-bond acceptors (Lipinski definition) is 5. The Morgan fingerprint density at radius 2 is 1.80 bits per heavy atom. The summed E-state index contributed by atoms with van der Waals surface area (Å²) in [6.07, 6.45) is 0.824. The van der Waals surface area contributed by atoms with E-state index in [4.69, 9.17) is 0 Å². The van der Waals surface area contributed by atoms with Crippen LogP contribution in [0.3, 0.4) is 0 Å². The molecule has 5 nitrogen and oxygen atoms in total. The molecule has 1 aromatic heterocycles. The first-order valence-corrected chi connectivity index (χ1v) is 8.95. The molecule has 0 spiro atoms. The Morgan fingerprint density at radius 1 is 1.04 bits per heavy atom. The average Bonchev–Trinajstić information content (AvgIpc) is 3.10. The first-order chi connectivity index (χ1) is 12.2. The van der Waals surface area contributed by atoms with Crippen molar-refractivity contribution in [2.24, 2.45) is 0 Å². The highest BCUT2D eigenvalue weighted by molar-refractivity contribution is 7.14. The van der Waals surface area contributed by atoms with Gasteiger partial charge in [0.2, 0.25) is 11.0 Å². The summed E-state index contributed by atoms with van der Waals surface area (Å²) >= 11 is 1.55. The van der Waals surface area contributed by atoms with Gasteiger partial charge in [-0.25, -0.2) is 4.98 Å². The van der Waals surface area contributed by atoms with Gasteiger partial charge >= 0.3 is 0 Å². The average molecular weight is 352 g/mol. The van der Waals surface area contributed by atoms with E-state index in [2.05, 4.69) is 45.4 Å². The van der Waals surface area contributed by atoms with Crippen LogP contribution < -0.4 is 16.2 Å². The van der Waals surface area contributed by atoms with Gasteiger partial charge in [0.1, 0.15) is 0 Å². The van der Waals surface area contributed by atoms with E-state index in [1.54, 1.807) is 11.3 Å². The second-order valence-corrected chi connectivity index (χ2v) is 6.44. The zero-order chi connectivity index (χ0) is 17.5. The summed E-state index contributed by atoms with van der Waals surface area (Å²) in [5.74, 6) is 0.00300. The minimum atomic E-state index is 0.00300. The Kier molecular flexibility index (Phi) is 5.64. The van der Waals surface area contributed by atoms with Crippen LogP contribution in [-0.4, -0.2) is 17.4 Å². The van der Waals surface area contributed by atoms with Gasteiger partial charge in [-0.15, -0.1) is 11.3 Å². The molecule has 0 unspecified atom stereocenters. The van der Waals surface area contributed by atoms with E-state index in [0.29, 0.717) is 6.54 Å². The van der Waals surface area contributed by atoms with Gasteiger partial charge in [0, 0.05) is 24.4 Å². The fourth-order valence-electron chi connectivity index (χ4n) is 2.34. The topological polar surface area (TPSA) is 66.1 Å². The summed E-state index contributed by atoms with van der Waals surface area (Å²) in [5, 5.41) is 5.65. The van der Waals surface area contributed by atoms with Crippen LogP contribution in [0.15, 0.2) is 60.0 Å². The Balaban J connectivity index is 1.57. The van der Waals surface area contributed by atoms with E-state index >= 15 is 0 Å². The van der Waals surface area contributed by atoms with Gasteiger partial charge in [-0.05, 0) is 24.1 Å². The van der Waals surface area contributed by atoms with Gasteiger partial charge < -0.3 is 5.32 Å². The van der Waals surface area contributed by atoms with Crippen LogP contribution in [0.4, 0.5) is 10.8 Å². The van der Waals surface area contributed by atoms with Crippen molar-refractivity contribution in [1.29, 1.82) is 0 Å². The fourth-order valence-corrected chi connectivity index (χ4v) is 3.01. The molecule has 0 fully saturated rings. The summed E-state index contributed by atoms with van der Waals surface area (Å²) in [7, 11) is 0. The molecule has 3 N–H and O–H groups in total. The number of rotatable bonds is 7. The molecule has 0 saturated heterocycles. The maximum absolute atomic E-state index is 10.9. The van der Waals surface area contributed by atoms with Crippen molar-refractivity contribution in [1.82, 2.24) is 10.3 Å². The van der Waals surface area contributed by atoms with Gasteiger partial charge in [0.15, 0.2) is 0 Å². The summed E-state index contributed by atoms with van der Waals surface area (Å²) in [4.78, 5) is 15.5. The molecular weight excluding hydrogens is 332 g/mol. The lowest BCUT2D eigenvalue weighted by atomic mass is 10.1. The predicted octanol–water partition coefficient (Wildman–Crippen LogP) is 3.93. The largest absolute Gasteiger partial charge is 0.356 e. The first-order valence-electron chi connectivity index (χ1n) is 8.07. The lowest BCUT2D eigenvalue weighted by Gasteiger charge is -2.06. The molecule has 1 amide bonds. The molecule has 0 atom stereocenters. The van der Waals surface area contributed by atoms with E-state index in [9.17, 15) is 4.79 Å². The minimum Gasteiger partial charge on any atom is -0.356 e. The summed E-state index contributed by atoms with van der Waals surface area (Å²) in [6, 6.07) is 18.2. The molecule has 0 bridgehead atoms. The molecule has 1 heterocycles. The van der Waals surface area contributed by atoms with Crippen LogP contribution in [0, 0.1) is 0 Å². The van der Waals surface area contributed by atoms with Crippen LogP contribution in [0.2, 0.25) is 0 Å². The summed E-state index contributed by atoms with van der Waals surface area (Å²) < 4.78 is 0. The molecule has 3 rings (SSSR count). The zero-order valence-electron chi connectivity index (χ0n) is 14.0. The van der Waals surface area contributed by atoms with Crippen molar-refractivity contribution in [3.05, 3.63) is 65.5 Å². The zero-order valence-corrected chi connectivity index (χ0v) is 14.8. The Morgan fingerprint density at radius 3 is 2.52 bits per heavy atom. The third-order valence-corrected chi connectivity index (χ3v) is 4.39. The predicted molar refractivity (Wildman–Crippen MR) is 104 cm³/mol. The monoisotopic (exact) mass is 352 g/mol. The number of benzene rings is 2. The summed E-state index contributed by atoms with van der Waals surface area (Å²) in [6.45, 7) is 2.19. The second kappa shape index (κ2) is 8.30. The van der Waals surface area contributed by atoms with Crippen molar-refractivity contribution < 1.29 is 4.79 Å². The van der Waals surface area contributed by atoms with Gasteiger partial charge in [-0.3, -0.25) is 15.6 Å². The Bertz CT molecular complexity index is 815. The maximum atomic E-state index is 10.9. The van der Waals surface area contributed by atoms with Crippen LogP contribution >= 0.6 is 11.3 Å². The van der Waals surface area contributed by atoms with Crippen LogP contribution in [0.5, 0.6) is 0 Å². The number of nitrogens with one attached hydrogen (secondary N) is 3. The van der Waals surface area contributed by atoms with E-state index < -0.39 is 0 Å². The highest BCUT2D eigenvalue weighted by Crippen LogP contribution is 2.25. The van der Waals surface area contributed by atoms with E-state index in [1.165, 1.54) is 12.5 Å². The van der Waals surface area contributed by atoms with E-state index in [0.717, 1.165) is 28.5 Å². The smallest absolute Gasteiger partial charge is 0.216 e. The molecule has 6 heteroatoms. The Labute approximate surface area is 151 Å². The second-order valence-electron chi connectivity index (χ2n) is 5.58. The molecule has 0 saturated carbocycles. The lowest BCUT2D eigenvalue weighted by molar-refractivity contribution is -0.118. The standard InChI is InChI=1S/C19H20N4OS/c1-14(24)20-12-11-15-7-9-16(10-8-15)18-13-25-19(21-18)23-22-17-5-3-2-4-6-17/h2-10,13,22H,11-12H2,1H3,(H,20,24)(H,21,23). The molecular formula is C19H20N4OS. The molecule has 0 aliphatic carbocycles. The molecule has 0 aliphatic rings. The number of carbonyl (C=O) groups is 1. The van der Waals surface area contributed by atoms with Crippen LogP contribution in [-0.2, 0) is 11.2 Å². The molecule has 0 radical (unpaired) electrons. The van der Waals surface area contributed by atoms with Crippen molar-refractivity contribution in [2.45, 2.75) is 13.3 Å². The maximum Gasteiger partial charge on any atom is 0.216 e. The van der Waals surface area contributed by atoms with Gasteiger partial charge in [-0.2, -0.15) is 0 Å². The van der Waals surface area contributed by atoms with Gasteiger partial charge in [0.25, 0.3) is 0 Å².